The van der Waals surface area contributed by atoms with Crippen LogP contribution in [0, 0.1) is 0 Å². The summed E-state index contributed by atoms with van der Waals surface area (Å²) in [6.07, 6.45) is 8.43. The lowest BCUT2D eigenvalue weighted by molar-refractivity contribution is -0.118. The predicted octanol–water partition coefficient (Wildman–Crippen LogP) is 2.23. The zero-order valence-electron chi connectivity index (χ0n) is 6.10. The van der Waals surface area contributed by atoms with Crippen LogP contribution in [-0.4, -0.2) is 5.78 Å². The summed E-state index contributed by atoms with van der Waals surface area (Å²) in [5, 5.41) is 0. The molecule has 0 heterocycles. The highest BCUT2D eigenvalue weighted by atomic mass is 16.1. The van der Waals surface area contributed by atoms with Gasteiger partial charge in [-0.25, -0.2) is 0 Å². The van der Waals surface area contributed by atoms with Crippen molar-refractivity contribution in [2.45, 2.75) is 32.1 Å². The van der Waals surface area contributed by atoms with Gasteiger partial charge in [-0.2, -0.15) is 0 Å². The fourth-order valence-corrected chi connectivity index (χ4v) is 1.01. The van der Waals surface area contributed by atoms with E-state index in [4.69, 9.17) is 0 Å². The summed E-state index contributed by atoms with van der Waals surface area (Å²) in [6.45, 7) is 0. The fraction of sp³-hybridized carbons (Fsp3) is 0.556. The van der Waals surface area contributed by atoms with E-state index in [0.717, 1.165) is 25.7 Å². The Kier molecular flexibility index (Phi) is 2.98. The van der Waals surface area contributed by atoms with Crippen molar-refractivity contribution >= 4 is 5.78 Å². The van der Waals surface area contributed by atoms with Gasteiger partial charge in [0.05, 0.1) is 0 Å². The quantitative estimate of drug-likeness (QED) is 0.467. The van der Waals surface area contributed by atoms with E-state index in [9.17, 15) is 4.79 Å². The first-order valence-electron chi connectivity index (χ1n) is 3.81. The molecule has 0 spiro atoms. The van der Waals surface area contributed by atoms with Gasteiger partial charge in [0, 0.05) is 12.8 Å². The summed E-state index contributed by atoms with van der Waals surface area (Å²) in [4.78, 5) is 10.9. The first-order chi connectivity index (χ1) is 4.89. The van der Waals surface area contributed by atoms with Crippen molar-refractivity contribution in [2.24, 2.45) is 0 Å². The van der Waals surface area contributed by atoms with Gasteiger partial charge in [-0.15, -0.1) is 5.73 Å². The molecule has 0 aliphatic heterocycles. The summed E-state index contributed by atoms with van der Waals surface area (Å²) < 4.78 is 0. The van der Waals surface area contributed by atoms with Crippen molar-refractivity contribution in [2.75, 3.05) is 0 Å². The average Bonchev–Trinajstić information content (AvgIpc) is 2.02. The number of carbonyl (C=O) groups excluding carboxylic acids is 1. The number of carbonyl (C=O) groups is 1. The molecule has 0 fully saturated rings. The zero-order chi connectivity index (χ0) is 7.23. The van der Waals surface area contributed by atoms with Crippen molar-refractivity contribution < 1.29 is 4.79 Å². The first kappa shape index (κ1) is 7.30. The molecule has 0 bridgehead atoms. The number of Topliss-reactive ketones (excluding diaryl/α,β-unsaturated/α-hetero) is 1. The summed E-state index contributed by atoms with van der Waals surface area (Å²) in [7, 11) is 0. The lowest BCUT2D eigenvalue weighted by atomic mass is 10.1. The van der Waals surface area contributed by atoms with Gasteiger partial charge < -0.3 is 0 Å². The summed E-state index contributed by atoms with van der Waals surface area (Å²) in [5.41, 5.74) is 2.99. The van der Waals surface area contributed by atoms with Gasteiger partial charge in [-0.1, -0.05) is 0 Å². The minimum absolute atomic E-state index is 0.350. The van der Waals surface area contributed by atoms with Crippen molar-refractivity contribution in [3.63, 3.8) is 0 Å². The minimum Gasteiger partial charge on any atom is -0.299 e. The van der Waals surface area contributed by atoms with Crippen LogP contribution in [0.4, 0.5) is 0 Å². The van der Waals surface area contributed by atoms with Gasteiger partial charge in [0.2, 0.25) is 0 Å². The second kappa shape index (κ2) is 4.08. The van der Waals surface area contributed by atoms with E-state index in [1.165, 1.54) is 0 Å². The van der Waals surface area contributed by atoms with Crippen LogP contribution in [0.3, 0.4) is 0 Å². The SMILES string of the molecule is O=C1CC=C=CCCCC1. The van der Waals surface area contributed by atoms with Crippen molar-refractivity contribution in [1.82, 2.24) is 0 Å². The largest absolute Gasteiger partial charge is 0.299 e. The highest BCUT2D eigenvalue weighted by Gasteiger charge is 1.98. The molecule has 0 aromatic rings. The Bertz CT molecular complexity index is 173. The molecule has 1 aliphatic rings. The number of rotatable bonds is 0. The third kappa shape index (κ3) is 2.65. The zero-order valence-corrected chi connectivity index (χ0v) is 6.10. The number of allylic oxidation sites excluding steroid dienone is 1. The smallest absolute Gasteiger partial charge is 0.137 e. The summed E-state index contributed by atoms with van der Waals surface area (Å²) in [5.74, 6) is 0.350. The Balaban J connectivity index is 2.46. The molecular weight excluding hydrogens is 124 g/mol. The van der Waals surface area contributed by atoms with Gasteiger partial charge in [-0.05, 0) is 31.4 Å². The number of hydrogen-bond donors (Lipinski definition) is 0. The van der Waals surface area contributed by atoms with Gasteiger partial charge in [0.15, 0.2) is 0 Å². The molecule has 0 N–H and O–H groups in total. The standard InChI is InChI=1S/C9H12O/c10-9-7-5-3-1-2-4-6-8-9/h1,5H,2,4,6-8H2. The van der Waals surface area contributed by atoms with Crippen molar-refractivity contribution in [1.29, 1.82) is 0 Å². The van der Waals surface area contributed by atoms with Gasteiger partial charge in [0.1, 0.15) is 5.78 Å². The van der Waals surface area contributed by atoms with E-state index < -0.39 is 0 Å². The predicted molar refractivity (Wildman–Crippen MR) is 40.7 cm³/mol. The topological polar surface area (TPSA) is 17.1 Å². The molecule has 0 unspecified atom stereocenters. The molecule has 1 rings (SSSR count). The van der Waals surface area contributed by atoms with Gasteiger partial charge >= 0.3 is 0 Å². The highest BCUT2D eigenvalue weighted by molar-refractivity contribution is 5.79. The first-order valence-corrected chi connectivity index (χ1v) is 3.81. The van der Waals surface area contributed by atoms with Crippen molar-refractivity contribution in [3.8, 4) is 0 Å². The molecule has 1 aliphatic carbocycles. The van der Waals surface area contributed by atoms with Crippen LogP contribution in [0.2, 0.25) is 0 Å². The Labute approximate surface area is 61.4 Å². The third-order valence-corrected chi connectivity index (χ3v) is 1.62. The van der Waals surface area contributed by atoms with Gasteiger partial charge in [-0.3, -0.25) is 4.79 Å². The molecule has 0 saturated heterocycles. The highest BCUT2D eigenvalue weighted by Crippen LogP contribution is 2.05. The maximum atomic E-state index is 10.9. The molecule has 1 nitrogen and oxygen atoms in total. The number of ketones is 1. The minimum atomic E-state index is 0.350. The van der Waals surface area contributed by atoms with Crippen LogP contribution >= 0.6 is 0 Å². The Morgan fingerprint density at radius 2 is 2.20 bits per heavy atom. The van der Waals surface area contributed by atoms with Crippen LogP contribution in [-0.2, 0) is 4.79 Å². The van der Waals surface area contributed by atoms with Crippen LogP contribution in [0.5, 0.6) is 0 Å². The van der Waals surface area contributed by atoms with Gasteiger partial charge in [0.25, 0.3) is 0 Å². The van der Waals surface area contributed by atoms with E-state index in [1.807, 2.05) is 12.2 Å². The summed E-state index contributed by atoms with van der Waals surface area (Å²) in [6, 6.07) is 0. The maximum absolute atomic E-state index is 10.9. The molecule has 0 saturated carbocycles. The summed E-state index contributed by atoms with van der Waals surface area (Å²) >= 11 is 0. The molecule has 0 amide bonds. The van der Waals surface area contributed by atoms with E-state index >= 15 is 0 Å². The Morgan fingerprint density at radius 1 is 1.30 bits per heavy atom. The Hall–Kier alpha value is -0.810. The molecule has 10 heavy (non-hydrogen) atoms. The third-order valence-electron chi connectivity index (χ3n) is 1.62. The number of hydrogen-bond acceptors (Lipinski definition) is 1. The van der Waals surface area contributed by atoms with E-state index in [-0.39, 0.29) is 0 Å². The lowest BCUT2D eigenvalue weighted by Gasteiger charge is -1.93. The fourth-order valence-electron chi connectivity index (χ4n) is 1.01. The monoisotopic (exact) mass is 136 g/mol. The van der Waals surface area contributed by atoms with Crippen LogP contribution in [0.25, 0.3) is 0 Å². The second-order valence-corrected chi connectivity index (χ2v) is 2.56. The van der Waals surface area contributed by atoms with Crippen LogP contribution < -0.4 is 0 Å². The molecular formula is C9H12O. The van der Waals surface area contributed by atoms with E-state index in [0.29, 0.717) is 12.2 Å². The second-order valence-electron chi connectivity index (χ2n) is 2.56. The molecule has 0 radical (unpaired) electrons. The molecule has 0 aromatic carbocycles. The molecule has 0 aromatic heterocycles. The maximum Gasteiger partial charge on any atom is 0.137 e. The van der Waals surface area contributed by atoms with E-state index in [2.05, 4.69) is 5.73 Å². The molecule has 1 heteroatoms. The lowest BCUT2D eigenvalue weighted by Crippen LogP contribution is -1.93. The molecule has 0 atom stereocenters. The molecule has 54 valence electrons. The normalized spacial score (nSPS) is 19.8. The van der Waals surface area contributed by atoms with E-state index in [1.54, 1.807) is 0 Å². The Morgan fingerprint density at radius 3 is 3.10 bits per heavy atom. The average molecular weight is 136 g/mol. The van der Waals surface area contributed by atoms with Crippen LogP contribution in [0.1, 0.15) is 32.1 Å². The van der Waals surface area contributed by atoms with Crippen LogP contribution in [0.15, 0.2) is 17.9 Å². The van der Waals surface area contributed by atoms with Crippen molar-refractivity contribution in [3.05, 3.63) is 17.9 Å².